The van der Waals surface area contributed by atoms with Gasteiger partial charge in [0.25, 0.3) is 0 Å². The van der Waals surface area contributed by atoms with Gasteiger partial charge in [-0.2, -0.15) is 0 Å². The van der Waals surface area contributed by atoms with Gasteiger partial charge in [0.2, 0.25) is 0 Å². The van der Waals surface area contributed by atoms with Crippen LogP contribution in [0.3, 0.4) is 0 Å². The number of nitrogens with zero attached hydrogens (tertiary/aromatic N) is 2. The van der Waals surface area contributed by atoms with Crippen LogP contribution in [0.1, 0.15) is 61.1 Å². The van der Waals surface area contributed by atoms with Gasteiger partial charge in [-0.1, -0.05) is 0 Å². The Kier molecular flexibility index (Phi) is 4.15. The van der Waals surface area contributed by atoms with Crippen molar-refractivity contribution in [3.63, 3.8) is 0 Å². The molecule has 0 bridgehead atoms. The van der Waals surface area contributed by atoms with Gasteiger partial charge in [-0.3, -0.25) is 0 Å². The summed E-state index contributed by atoms with van der Waals surface area (Å²) in [7, 11) is 1.71. The average molecular weight is 413 g/mol. The molecule has 1 aromatic carbocycles. The lowest BCUT2D eigenvalue weighted by Crippen LogP contribution is -2.44. The molecule has 7 heteroatoms. The van der Waals surface area contributed by atoms with Crippen LogP contribution in [0.15, 0.2) is 12.1 Å². The van der Waals surface area contributed by atoms with Gasteiger partial charge >= 0.3 is 0 Å². The molecule has 0 saturated heterocycles. The minimum absolute atomic E-state index is 0.0641. The van der Waals surface area contributed by atoms with E-state index in [4.69, 9.17) is 9.47 Å². The molecular formula is C23H25F2N3O2. The Hall–Kier alpha value is -2.12. The van der Waals surface area contributed by atoms with E-state index in [0.717, 1.165) is 55.2 Å². The molecule has 30 heavy (non-hydrogen) atoms. The van der Waals surface area contributed by atoms with Crippen LogP contribution in [-0.2, 0) is 22.5 Å². The van der Waals surface area contributed by atoms with Gasteiger partial charge in [-0.25, -0.2) is 8.78 Å². The van der Waals surface area contributed by atoms with E-state index in [-0.39, 0.29) is 29.2 Å². The highest BCUT2D eigenvalue weighted by Crippen LogP contribution is 2.50. The Labute approximate surface area is 174 Å². The number of benzene rings is 1. The van der Waals surface area contributed by atoms with Gasteiger partial charge in [-0.15, -0.1) is 10.2 Å². The second-order valence-corrected chi connectivity index (χ2v) is 9.24. The van der Waals surface area contributed by atoms with Gasteiger partial charge in [0.15, 0.2) is 5.82 Å². The number of hydrogen-bond donors (Lipinski definition) is 1. The van der Waals surface area contributed by atoms with Crippen molar-refractivity contribution in [3.8, 4) is 11.3 Å². The monoisotopic (exact) mass is 413 g/mol. The van der Waals surface area contributed by atoms with Crippen LogP contribution in [0.2, 0.25) is 0 Å². The summed E-state index contributed by atoms with van der Waals surface area (Å²) in [6.45, 7) is 0.383. The highest BCUT2D eigenvalue weighted by atomic mass is 19.1. The third-order valence-corrected chi connectivity index (χ3v) is 7.20. The fourth-order valence-electron chi connectivity index (χ4n) is 4.79. The lowest BCUT2D eigenvalue weighted by Gasteiger charge is -2.37. The predicted molar refractivity (Wildman–Crippen MR) is 107 cm³/mol. The zero-order valence-corrected chi connectivity index (χ0v) is 17.0. The van der Waals surface area contributed by atoms with E-state index in [9.17, 15) is 0 Å². The fraction of sp³-hybridized carbons (Fsp3) is 0.565. The normalized spacial score (nSPS) is 26.2. The number of ether oxygens (including phenoxy) is 2. The zero-order valence-electron chi connectivity index (χ0n) is 17.0. The summed E-state index contributed by atoms with van der Waals surface area (Å²) in [5.74, 6) is -0.173. The second kappa shape index (κ2) is 6.69. The maximum Gasteiger partial charge on any atom is 0.154 e. The first-order chi connectivity index (χ1) is 14.6. The third-order valence-electron chi connectivity index (χ3n) is 7.20. The molecule has 0 amide bonds. The highest BCUT2D eigenvalue weighted by Gasteiger charge is 2.48. The number of fused-ring (bicyclic) bond motifs is 1. The molecule has 2 aromatic rings. The molecule has 3 fully saturated rings. The molecule has 2 atom stereocenters. The molecule has 158 valence electrons. The Bertz CT molecular complexity index is 995. The van der Waals surface area contributed by atoms with Crippen molar-refractivity contribution in [2.24, 2.45) is 0 Å². The topological polar surface area (TPSA) is 56.3 Å². The van der Waals surface area contributed by atoms with Crippen molar-refractivity contribution in [1.82, 2.24) is 10.2 Å². The number of halogens is 2. The average Bonchev–Trinajstić information content (AvgIpc) is 3.62. The standard InChI is InChI=1S/C23H25F2N3O2/c1-29-19-5-4-18(19)26-22-15-11-30-23(6-7-23)10-14(15)21(27-28-22)20-16(24)8-13(9-17(20)25)12-2-3-12/h8-9,12,18-19H,2-7,10-11H2,1H3,(H,26,28)/t18-,19-/m1/s1. The smallest absolute Gasteiger partial charge is 0.154 e. The number of nitrogens with one attached hydrogen (secondary N) is 1. The number of methoxy groups -OCH3 is 1. The summed E-state index contributed by atoms with van der Waals surface area (Å²) in [6.07, 6.45) is 6.69. The first-order valence-electron chi connectivity index (χ1n) is 10.9. The van der Waals surface area contributed by atoms with Crippen LogP contribution >= 0.6 is 0 Å². The molecule has 0 radical (unpaired) electrons. The summed E-state index contributed by atoms with van der Waals surface area (Å²) in [6, 6.07) is 3.11. The molecular weight excluding hydrogens is 388 g/mol. The summed E-state index contributed by atoms with van der Waals surface area (Å²) < 4.78 is 41.7. The molecule has 1 N–H and O–H groups in total. The van der Waals surface area contributed by atoms with Crippen LogP contribution in [0.4, 0.5) is 14.6 Å². The molecule has 5 nitrogen and oxygen atoms in total. The molecule has 2 heterocycles. The van der Waals surface area contributed by atoms with Crippen LogP contribution < -0.4 is 5.32 Å². The predicted octanol–water partition coefficient (Wildman–Crippen LogP) is 4.49. The van der Waals surface area contributed by atoms with Crippen molar-refractivity contribution in [2.45, 2.75) is 75.2 Å². The highest BCUT2D eigenvalue weighted by molar-refractivity contribution is 5.69. The van der Waals surface area contributed by atoms with Gasteiger partial charge in [0, 0.05) is 19.1 Å². The van der Waals surface area contributed by atoms with E-state index in [1.807, 2.05) is 0 Å². The van der Waals surface area contributed by atoms with Crippen molar-refractivity contribution in [3.05, 3.63) is 40.5 Å². The molecule has 3 saturated carbocycles. The summed E-state index contributed by atoms with van der Waals surface area (Å²) >= 11 is 0. The van der Waals surface area contributed by atoms with Gasteiger partial charge in [0.05, 0.1) is 29.9 Å². The van der Waals surface area contributed by atoms with Crippen molar-refractivity contribution >= 4 is 5.82 Å². The van der Waals surface area contributed by atoms with E-state index >= 15 is 8.78 Å². The lowest BCUT2D eigenvalue weighted by molar-refractivity contribution is 0.00776. The minimum atomic E-state index is -0.552. The molecule has 0 unspecified atom stereocenters. The van der Waals surface area contributed by atoms with Gasteiger partial charge in [0.1, 0.15) is 17.3 Å². The van der Waals surface area contributed by atoms with Crippen LogP contribution in [-0.4, -0.2) is 35.1 Å². The Morgan fingerprint density at radius 2 is 1.83 bits per heavy atom. The molecule has 6 rings (SSSR count). The van der Waals surface area contributed by atoms with E-state index in [1.54, 1.807) is 7.11 Å². The second-order valence-electron chi connectivity index (χ2n) is 9.24. The van der Waals surface area contributed by atoms with E-state index in [2.05, 4.69) is 15.5 Å². The van der Waals surface area contributed by atoms with Crippen LogP contribution in [0.5, 0.6) is 0 Å². The quantitative estimate of drug-likeness (QED) is 0.783. The molecule has 1 aliphatic heterocycles. The van der Waals surface area contributed by atoms with Crippen molar-refractivity contribution in [2.75, 3.05) is 12.4 Å². The summed E-state index contributed by atoms with van der Waals surface area (Å²) in [5, 5.41) is 12.1. The summed E-state index contributed by atoms with van der Waals surface area (Å²) in [5.41, 5.74) is 2.52. The third kappa shape index (κ3) is 3.02. The summed E-state index contributed by atoms with van der Waals surface area (Å²) in [4.78, 5) is 0. The first-order valence-corrected chi connectivity index (χ1v) is 10.9. The first kappa shape index (κ1) is 18.6. The maximum atomic E-state index is 15.1. The van der Waals surface area contributed by atoms with E-state index in [0.29, 0.717) is 24.5 Å². The number of anilines is 1. The molecule has 1 aromatic heterocycles. The maximum absolute atomic E-state index is 15.1. The number of aromatic nitrogens is 2. The Morgan fingerprint density at radius 3 is 2.43 bits per heavy atom. The van der Waals surface area contributed by atoms with E-state index < -0.39 is 11.6 Å². The fourth-order valence-corrected chi connectivity index (χ4v) is 4.79. The largest absolute Gasteiger partial charge is 0.379 e. The van der Waals surface area contributed by atoms with Crippen molar-refractivity contribution < 1.29 is 18.3 Å². The molecule has 4 aliphatic rings. The Balaban J connectivity index is 1.42. The number of rotatable bonds is 5. The van der Waals surface area contributed by atoms with Crippen molar-refractivity contribution in [1.29, 1.82) is 0 Å². The minimum Gasteiger partial charge on any atom is -0.379 e. The zero-order chi connectivity index (χ0) is 20.5. The van der Waals surface area contributed by atoms with Crippen LogP contribution in [0, 0.1) is 11.6 Å². The molecule has 1 spiro atoms. The number of hydrogen-bond acceptors (Lipinski definition) is 5. The van der Waals surface area contributed by atoms with E-state index in [1.165, 1.54) is 12.1 Å². The lowest BCUT2D eigenvalue weighted by atomic mass is 9.88. The van der Waals surface area contributed by atoms with Gasteiger partial charge < -0.3 is 14.8 Å². The SMILES string of the molecule is CO[C@@H]1CC[C@H]1Nc1nnc(-c2c(F)cc(C3CC3)cc2F)c2c1COC1(CC1)C2. The molecule has 3 aliphatic carbocycles. The van der Waals surface area contributed by atoms with Gasteiger partial charge in [-0.05, 0) is 67.7 Å². The van der Waals surface area contributed by atoms with Crippen LogP contribution in [0.25, 0.3) is 11.3 Å². The Morgan fingerprint density at radius 1 is 1.07 bits per heavy atom.